The van der Waals surface area contributed by atoms with Crippen molar-refractivity contribution in [2.24, 2.45) is 0 Å². The van der Waals surface area contributed by atoms with Gasteiger partial charge in [-0.1, -0.05) is 29.8 Å². The molecule has 0 aromatic heterocycles. The van der Waals surface area contributed by atoms with Crippen LogP contribution in [0.5, 0.6) is 0 Å². The van der Waals surface area contributed by atoms with Gasteiger partial charge in [0.2, 0.25) is 0 Å². The predicted octanol–water partition coefficient (Wildman–Crippen LogP) is 3.02. The van der Waals surface area contributed by atoms with Crippen LogP contribution in [0.2, 0.25) is 5.02 Å². The minimum absolute atomic E-state index is 0.00649. The molecule has 7 heteroatoms. The molecule has 1 aromatic rings. The summed E-state index contributed by atoms with van der Waals surface area (Å²) in [4.78, 5) is 27.9. The van der Waals surface area contributed by atoms with Crippen LogP contribution in [-0.2, 0) is 25.7 Å². The average Bonchev–Trinajstić information content (AvgIpc) is 2.93. The van der Waals surface area contributed by atoms with E-state index in [1.165, 1.54) is 0 Å². The smallest absolute Gasteiger partial charge is 0.310 e. The maximum absolute atomic E-state index is 12.7. The summed E-state index contributed by atoms with van der Waals surface area (Å²) in [7, 11) is 0. The maximum Gasteiger partial charge on any atom is 0.310 e. The fraction of sp³-hybridized carbons (Fsp3) is 0.474. The molecule has 5 nitrogen and oxygen atoms in total. The number of Topliss-reactive ketones (excluding diaryl/α,β-unsaturated/α-hetero) is 1. The molecule has 0 aliphatic carbocycles. The largest absolute Gasteiger partial charge is 0.461 e. The summed E-state index contributed by atoms with van der Waals surface area (Å²) in [5, 5.41) is 0.559. The second-order valence-corrected chi connectivity index (χ2v) is 7.34. The molecule has 0 amide bonds. The van der Waals surface area contributed by atoms with Crippen molar-refractivity contribution in [3.8, 4) is 0 Å². The first-order valence-corrected chi connectivity index (χ1v) is 9.53. The van der Waals surface area contributed by atoms with Crippen molar-refractivity contribution >= 4 is 36.0 Å². The zero-order valence-corrected chi connectivity index (χ0v) is 16.3. The number of esters is 1. The lowest BCUT2D eigenvalue weighted by atomic mass is 9.95. The molecule has 1 saturated heterocycles. The number of rotatable bonds is 6. The molecular weight excluding hydrogens is 374 g/mol. The third-order valence-corrected chi connectivity index (χ3v) is 5.62. The monoisotopic (exact) mass is 395 g/mol. The van der Waals surface area contributed by atoms with E-state index in [0.29, 0.717) is 18.2 Å². The van der Waals surface area contributed by atoms with Crippen molar-refractivity contribution in [2.45, 2.75) is 38.5 Å². The van der Waals surface area contributed by atoms with Crippen LogP contribution in [0.4, 0.5) is 0 Å². The van der Waals surface area contributed by atoms with E-state index in [9.17, 15) is 9.59 Å². The van der Waals surface area contributed by atoms with E-state index in [4.69, 9.17) is 21.1 Å². The maximum atomic E-state index is 12.7. The van der Waals surface area contributed by atoms with Crippen LogP contribution in [0.25, 0.3) is 0 Å². The van der Waals surface area contributed by atoms with Crippen LogP contribution in [0.3, 0.4) is 0 Å². The molecule has 0 bridgehead atoms. The molecule has 2 aliphatic heterocycles. The van der Waals surface area contributed by atoms with Gasteiger partial charge in [-0.2, -0.15) is 0 Å². The number of ether oxygens (including phenoxy) is 2. The van der Waals surface area contributed by atoms with Crippen molar-refractivity contribution in [1.29, 1.82) is 0 Å². The van der Waals surface area contributed by atoms with E-state index in [1.54, 1.807) is 6.07 Å². The van der Waals surface area contributed by atoms with Crippen LogP contribution in [-0.4, -0.2) is 48.5 Å². The summed E-state index contributed by atoms with van der Waals surface area (Å²) >= 11 is 10.6. The number of carbonyl (C=O) groups excluding carboxylic acids is 2. The Hall–Kier alpha value is -1.34. The normalized spacial score (nSPS) is 23.3. The molecular formula is C19H22ClNO4S. The number of halogens is 1. The molecule has 2 unspecified atom stereocenters. The Bertz CT molecular complexity index is 736. The summed E-state index contributed by atoms with van der Waals surface area (Å²) in [5.41, 5.74) is 1.48. The van der Waals surface area contributed by atoms with Gasteiger partial charge in [0.15, 0.2) is 5.78 Å². The third-order valence-electron chi connectivity index (χ3n) is 4.74. The van der Waals surface area contributed by atoms with Gasteiger partial charge in [-0.15, -0.1) is 12.6 Å². The predicted molar refractivity (Wildman–Crippen MR) is 102 cm³/mol. The van der Waals surface area contributed by atoms with E-state index < -0.39 is 12.1 Å². The van der Waals surface area contributed by atoms with E-state index >= 15 is 0 Å². The second kappa shape index (κ2) is 8.57. The highest BCUT2D eigenvalue weighted by molar-refractivity contribution is 7.84. The molecule has 2 atom stereocenters. The lowest BCUT2D eigenvalue weighted by Crippen LogP contribution is -2.40. The summed E-state index contributed by atoms with van der Waals surface area (Å²) < 4.78 is 10.9. The lowest BCUT2D eigenvalue weighted by Gasteiger charge is -2.30. The van der Waals surface area contributed by atoms with Gasteiger partial charge in [0.05, 0.1) is 12.5 Å². The number of hydrogen-bond acceptors (Lipinski definition) is 6. The number of benzene rings is 1. The highest BCUT2D eigenvalue weighted by atomic mass is 35.5. The Morgan fingerprint density at radius 2 is 2.15 bits per heavy atom. The molecule has 26 heavy (non-hydrogen) atoms. The van der Waals surface area contributed by atoms with Gasteiger partial charge in [-0.05, 0) is 29.9 Å². The molecule has 1 fully saturated rings. The Morgan fingerprint density at radius 1 is 1.38 bits per heavy atom. The molecule has 0 N–H and O–H groups in total. The van der Waals surface area contributed by atoms with Gasteiger partial charge in [0.1, 0.15) is 12.7 Å². The van der Waals surface area contributed by atoms with E-state index in [-0.39, 0.29) is 24.8 Å². The van der Waals surface area contributed by atoms with Gasteiger partial charge >= 0.3 is 5.97 Å². The molecule has 2 aliphatic rings. The van der Waals surface area contributed by atoms with Crippen LogP contribution in [0.15, 0.2) is 34.7 Å². The Balaban J connectivity index is 1.66. The zero-order chi connectivity index (χ0) is 18.7. The van der Waals surface area contributed by atoms with Crippen molar-refractivity contribution in [2.75, 3.05) is 19.7 Å². The fourth-order valence-electron chi connectivity index (χ4n) is 3.46. The van der Waals surface area contributed by atoms with Crippen LogP contribution >= 0.6 is 24.2 Å². The molecule has 140 valence electrons. The Labute approximate surface area is 163 Å². The fourth-order valence-corrected chi connectivity index (χ4v) is 3.95. The van der Waals surface area contributed by atoms with Crippen LogP contribution in [0.1, 0.15) is 25.3 Å². The quantitative estimate of drug-likeness (QED) is 0.592. The molecule has 1 aromatic carbocycles. The zero-order valence-electron chi connectivity index (χ0n) is 14.6. The SMILES string of the molecule is CCOC1CN2CCC(S)=C(CC(=O)OCc3ccccc3Cl)C2C1=O. The average molecular weight is 396 g/mol. The minimum Gasteiger partial charge on any atom is -0.461 e. The summed E-state index contributed by atoms with van der Waals surface area (Å²) in [6, 6.07) is 6.80. The van der Waals surface area contributed by atoms with E-state index in [1.807, 2.05) is 25.1 Å². The van der Waals surface area contributed by atoms with Crippen molar-refractivity contribution in [3.63, 3.8) is 0 Å². The van der Waals surface area contributed by atoms with Crippen molar-refractivity contribution < 1.29 is 19.1 Å². The van der Waals surface area contributed by atoms with Crippen LogP contribution in [0, 0.1) is 0 Å². The van der Waals surface area contributed by atoms with Gasteiger partial charge in [-0.3, -0.25) is 14.5 Å². The summed E-state index contributed by atoms with van der Waals surface area (Å²) in [6.07, 6.45) is 0.340. The molecule has 2 heterocycles. The first-order valence-electron chi connectivity index (χ1n) is 8.70. The topological polar surface area (TPSA) is 55.8 Å². The number of nitrogens with zero attached hydrogens (tertiary/aromatic N) is 1. The first kappa shape index (κ1) is 19.4. The van der Waals surface area contributed by atoms with E-state index in [0.717, 1.165) is 29.0 Å². The van der Waals surface area contributed by atoms with Crippen molar-refractivity contribution in [1.82, 2.24) is 4.90 Å². The minimum atomic E-state index is -0.432. The number of thiol groups is 1. The standard InChI is InChI=1S/C19H22ClNO4S/c1-2-24-15-10-21-8-7-16(26)13(18(21)19(15)23)9-17(22)25-11-12-5-3-4-6-14(12)20/h3-6,15,18,26H,2,7-11H2,1H3. The Kier molecular flexibility index (Phi) is 6.40. The van der Waals surface area contributed by atoms with Crippen LogP contribution < -0.4 is 0 Å². The van der Waals surface area contributed by atoms with Gasteiger partial charge < -0.3 is 9.47 Å². The van der Waals surface area contributed by atoms with E-state index in [2.05, 4.69) is 17.5 Å². The van der Waals surface area contributed by atoms with Gasteiger partial charge in [0, 0.05) is 30.3 Å². The summed E-state index contributed by atoms with van der Waals surface area (Å²) in [5.74, 6) is -0.381. The van der Waals surface area contributed by atoms with Crippen molar-refractivity contribution in [3.05, 3.63) is 45.3 Å². The van der Waals surface area contributed by atoms with Gasteiger partial charge in [0.25, 0.3) is 0 Å². The number of carbonyl (C=O) groups is 2. The first-order chi connectivity index (χ1) is 12.5. The third kappa shape index (κ3) is 4.14. The molecule has 3 rings (SSSR count). The number of fused-ring (bicyclic) bond motifs is 1. The molecule has 0 radical (unpaired) electrons. The molecule has 0 spiro atoms. The summed E-state index contributed by atoms with van der Waals surface area (Å²) in [6.45, 7) is 3.78. The lowest BCUT2D eigenvalue weighted by molar-refractivity contribution is -0.144. The molecule has 0 saturated carbocycles. The highest BCUT2D eigenvalue weighted by Gasteiger charge is 2.45. The number of ketones is 1. The second-order valence-electron chi connectivity index (χ2n) is 6.39. The number of hydrogen-bond donors (Lipinski definition) is 1. The van der Waals surface area contributed by atoms with Gasteiger partial charge in [-0.25, -0.2) is 0 Å². The Morgan fingerprint density at radius 3 is 2.88 bits per heavy atom. The highest BCUT2D eigenvalue weighted by Crippen LogP contribution is 2.34.